The van der Waals surface area contributed by atoms with Gasteiger partial charge in [0.25, 0.3) is 0 Å². The van der Waals surface area contributed by atoms with E-state index in [1.54, 1.807) is 20.2 Å². The first kappa shape index (κ1) is 15.4. The number of nitrogens with one attached hydrogen (secondary N) is 2. The molecular weight excluding hydrogens is 305 g/mol. The van der Waals surface area contributed by atoms with Crippen molar-refractivity contribution in [2.45, 2.75) is 13.1 Å². The molecule has 0 radical (unpaired) electrons. The third-order valence-corrected chi connectivity index (χ3v) is 3.06. The maximum atomic E-state index is 12.6. The highest BCUT2D eigenvalue weighted by atomic mass is 35.5. The zero-order valence-corrected chi connectivity index (χ0v) is 12.0. The van der Waals surface area contributed by atoms with Crippen LogP contribution in [0.3, 0.4) is 0 Å². The Kier molecular flexibility index (Phi) is 4.22. The summed E-state index contributed by atoms with van der Waals surface area (Å²) in [6, 6.07) is 3.11. The molecule has 0 aliphatic heterocycles. The van der Waals surface area contributed by atoms with E-state index >= 15 is 0 Å². The van der Waals surface area contributed by atoms with Gasteiger partial charge in [-0.05, 0) is 25.1 Å². The normalized spacial score (nSPS) is 11.3. The first-order valence-corrected chi connectivity index (χ1v) is 6.34. The second-order valence-electron chi connectivity index (χ2n) is 4.29. The molecule has 0 aliphatic rings. The Hall–Kier alpha value is -2.02. The monoisotopic (exact) mass is 316 g/mol. The summed E-state index contributed by atoms with van der Waals surface area (Å²) in [6.07, 6.45) is -2.83. The van der Waals surface area contributed by atoms with Crippen molar-refractivity contribution in [1.82, 2.24) is 9.97 Å². The summed E-state index contributed by atoms with van der Waals surface area (Å²) in [4.78, 5) is 8.21. The molecule has 112 valence electrons. The van der Waals surface area contributed by atoms with E-state index < -0.39 is 11.7 Å². The summed E-state index contributed by atoms with van der Waals surface area (Å²) in [5, 5.41) is 5.65. The fraction of sp³-hybridized carbons (Fsp3) is 0.231. The van der Waals surface area contributed by atoms with Crippen LogP contribution in [-0.2, 0) is 6.18 Å². The van der Waals surface area contributed by atoms with Gasteiger partial charge in [0.1, 0.15) is 5.82 Å². The van der Waals surface area contributed by atoms with E-state index in [0.717, 1.165) is 17.7 Å². The first-order chi connectivity index (χ1) is 9.81. The smallest absolute Gasteiger partial charge is 0.357 e. The number of hydrogen-bond acceptors (Lipinski definition) is 4. The van der Waals surface area contributed by atoms with Crippen LogP contribution in [0.1, 0.15) is 11.1 Å². The summed E-state index contributed by atoms with van der Waals surface area (Å²) in [6.45, 7) is 1.78. The average molecular weight is 317 g/mol. The van der Waals surface area contributed by atoms with E-state index in [1.165, 1.54) is 6.07 Å². The van der Waals surface area contributed by atoms with E-state index in [2.05, 4.69) is 20.6 Å². The molecule has 0 fully saturated rings. The van der Waals surface area contributed by atoms with Crippen LogP contribution in [0, 0.1) is 6.92 Å². The van der Waals surface area contributed by atoms with E-state index in [1.807, 2.05) is 0 Å². The largest absolute Gasteiger partial charge is 0.416 e. The lowest BCUT2D eigenvalue weighted by Gasteiger charge is -2.13. The Morgan fingerprint density at radius 2 is 1.95 bits per heavy atom. The zero-order valence-electron chi connectivity index (χ0n) is 11.2. The zero-order chi connectivity index (χ0) is 15.6. The number of aryl methyl sites for hydroxylation is 1. The van der Waals surface area contributed by atoms with Gasteiger partial charge in [0.2, 0.25) is 5.95 Å². The molecule has 0 aliphatic carbocycles. The number of hydrogen-bond donors (Lipinski definition) is 2. The molecule has 0 unspecified atom stereocenters. The topological polar surface area (TPSA) is 49.8 Å². The van der Waals surface area contributed by atoms with Crippen LogP contribution >= 0.6 is 11.6 Å². The molecule has 1 heterocycles. The molecule has 8 heteroatoms. The summed E-state index contributed by atoms with van der Waals surface area (Å²) in [5.74, 6) is 0.863. The van der Waals surface area contributed by atoms with Gasteiger partial charge in [-0.15, -0.1) is 0 Å². The van der Waals surface area contributed by atoms with Crippen molar-refractivity contribution in [3.05, 3.63) is 40.5 Å². The molecular formula is C13H12ClF3N4. The predicted octanol–water partition coefficient (Wildman–Crippen LogP) is 4.24. The Morgan fingerprint density at radius 3 is 2.52 bits per heavy atom. The van der Waals surface area contributed by atoms with Crippen molar-refractivity contribution < 1.29 is 13.2 Å². The van der Waals surface area contributed by atoms with Gasteiger partial charge in [0.15, 0.2) is 0 Å². The van der Waals surface area contributed by atoms with Gasteiger partial charge < -0.3 is 10.6 Å². The third kappa shape index (κ3) is 3.55. The molecule has 2 rings (SSSR count). The molecule has 0 amide bonds. The first-order valence-electron chi connectivity index (χ1n) is 5.96. The highest BCUT2D eigenvalue weighted by molar-refractivity contribution is 6.33. The van der Waals surface area contributed by atoms with Crippen molar-refractivity contribution in [3.8, 4) is 0 Å². The van der Waals surface area contributed by atoms with Crippen LogP contribution in [0.25, 0.3) is 0 Å². The molecule has 0 saturated heterocycles. The van der Waals surface area contributed by atoms with Crippen LogP contribution in [0.4, 0.5) is 30.6 Å². The molecule has 0 spiro atoms. The van der Waals surface area contributed by atoms with E-state index in [9.17, 15) is 13.2 Å². The second-order valence-corrected chi connectivity index (χ2v) is 4.70. The minimum atomic E-state index is -4.42. The lowest BCUT2D eigenvalue weighted by Crippen LogP contribution is -2.06. The molecule has 2 N–H and O–H groups in total. The molecule has 1 aromatic heterocycles. The van der Waals surface area contributed by atoms with Crippen LogP contribution in [0.15, 0.2) is 24.4 Å². The fourth-order valence-electron chi connectivity index (χ4n) is 1.61. The van der Waals surface area contributed by atoms with Gasteiger partial charge >= 0.3 is 6.18 Å². The lowest BCUT2D eigenvalue weighted by molar-refractivity contribution is -0.137. The van der Waals surface area contributed by atoms with Gasteiger partial charge in [-0.1, -0.05) is 11.6 Å². The molecule has 21 heavy (non-hydrogen) atoms. The van der Waals surface area contributed by atoms with Crippen LogP contribution < -0.4 is 10.6 Å². The average Bonchev–Trinajstić information content (AvgIpc) is 2.42. The van der Waals surface area contributed by atoms with Crippen molar-refractivity contribution in [3.63, 3.8) is 0 Å². The Balaban J connectivity index is 2.32. The van der Waals surface area contributed by atoms with Crippen LogP contribution in [0.5, 0.6) is 0 Å². The third-order valence-electron chi connectivity index (χ3n) is 2.74. The molecule has 2 aromatic rings. The number of alkyl halides is 3. The molecule has 1 aromatic carbocycles. The number of aromatic nitrogens is 2. The lowest BCUT2D eigenvalue weighted by atomic mass is 10.2. The van der Waals surface area contributed by atoms with Crippen molar-refractivity contribution in [2.75, 3.05) is 17.7 Å². The highest BCUT2D eigenvalue weighted by Gasteiger charge is 2.30. The number of rotatable bonds is 3. The molecule has 0 saturated carbocycles. The SMILES string of the molecule is CNc1ncc(C)c(Nc2ccc(C(F)(F)F)cc2Cl)n1. The van der Waals surface area contributed by atoms with Crippen LogP contribution in [-0.4, -0.2) is 17.0 Å². The maximum absolute atomic E-state index is 12.6. The Morgan fingerprint density at radius 1 is 1.24 bits per heavy atom. The summed E-state index contributed by atoms with van der Waals surface area (Å²) >= 11 is 5.89. The maximum Gasteiger partial charge on any atom is 0.416 e. The molecule has 4 nitrogen and oxygen atoms in total. The van der Waals surface area contributed by atoms with Gasteiger partial charge in [0.05, 0.1) is 16.3 Å². The van der Waals surface area contributed by atoms with Crippen molar-refractivity contribution >= 4 is 29.1 Å². The quantitative estimate of drug-likeness (QED) is 0.889. The summed E-state index contributed by atoms with van der Waals surface area (Å²) in [5.41, 5.74) is 0.284. The second kappa shape index (κ2) is 5.77. The van der Waals surface area contributed by atoms with Gasteiger partial charge in [-0.3, -0.25) is 0 Å². The Labute approximate surface area is 124 Å². The predicted molar refractivity (Wildman–Crippen MR) is 76.1 cm³/mol. The Bertz CT molecular complexity index is 658. The van der Waals surface area contributed by atoms with Gasteiger partial charge in [0, 0.05) is 18.8 Å². The number of anilines is 3. The summed E-state index contributed by atoms with van der Waals surface area (Å²) < 4.78 is 37.7. The van der Waals surface area contributed by atoms with E-state index in [4.69, 9.17) is 11.6 Å². The van der Waals surface area contributed by atoms with E-state index in [0.29, 0.717) is 17.5 Å². The van der Waals surface area contributed by atoms with Crippen molar-refractivity contribution in [2.24, 2.45) is 0 Å². The van der Waals surface area contributed by atoms with Crippen molar-refractivity contribution in [1.29, 1.82) is 0 Å². The standard InChI is InChI=1S/C13H12ClF3N4/c1-7-6-19-12(18-2)21-11(7)20-10-4-3-8(5-9(10)14)13(15,16)17/h3-6H,1-2H3,(H2,18,19,20,21). The molecule has 0 bridgehead atoms. The highest BCUT2D eigenvalue weighted by Crippen LogP contribution is 2.34. The van der Waals surface area contributed by atoms with Crippen LogP contribution in [0.2, 0.25) is 5.02 Å². The van der Waals surface area contributed by atoms with Gasteiger partial charge in [-0.25, -0.2) is 4.98 Å². The number of halogens is 4. The minimum Gasteiger partial charge on any atom is -0.357 e. The van der Waals surface area contributed by atoms with E-state index in [-0.39, 0.29) is 5.02 Å². The summed E-state index contributed by atoms with van der Waals surface area (Å²) in [7, 11) is 1.67. The fourth-order valence-corrected chi connectivity index (χ4v) is 1.84. The number of benzene rings is 1. The number of nitrogens with zero attached hydrogens (tertiary/aromatic N) is 2. The molecule has 0 atom stereocenters. The minimum absolute atomic E-state index is 0.0335. The van der Waals surface area contributed by atoms with Gasteiger partial charge in [-0.2, -0.15) is 18.2 Å².